The van der Waals surface area contributed by atoms with Crippen LogP contribution in [0.15, 0.2) is 65.4 Å². The van der Waals surface area contributed by atoms with E-state index in [-0.39, 0.29) is 5.41 Å². The summed E-state index contributed by atoms with van der Waals surface area (Å²) in [4.78, 5) is 9.17. The van der Waals surface area contributed by atoms with Gasteiger partial charge >= 0.3 is 0 Å². The molecule has 2 aromatic heterocycles. The lowest BCUT2D eigenvalue weighted by molar-refractivity contribution is 0.569. The minimum absolute atomic E-state index is 0.0649. The second-order valence-electron chi connectivity index (χ2n) is 33.3. The number of pyridine rings is 2. The normalized spacial score (nSPS) is 10.1. The Morgan fingerprint density at radius 1 is 0.229 bits per heavy atom. The molecule has 0 amide bonds. The standard InChI is InChI=1S/C20H19BrN2.B95/c1-20(2,3)19-11-9-15(13-23-19)18-10-8-14(12-22-18)16-6-4-5-7-17(16)21;1-49-73(48)85(72(46)47)91(84(70(42)43)71(44)45)94(90(82(66(34)35)67(36)37)83(68(38)39)69(40)41)95(92(86(74(50(2)3)51(4)5)75(52(6)7)53(8)9)87(76(54(10)11)55(12)13)77(56(14)15)57(16)17)93(88(78(58(18)19)59(20)21)79(60(22)23)61(24)25)89(80(62(26)27)63(28)29)81(64(30)31)65(32)33/h4-13H,1-3H3;. The Labute approximate surface area is 809 Å². The van der Waals surface area contributed by atoms with Crippen LogP contribution in [0.5, 0.6) is 0 Å². The van der Waals surface area contributed by atoms with Crippen LogP contribution >= 0.6 is 15.9 Å². The van der Waals surface area contributed by atoms with Gasteiger partial charge in [-0.2, -0.15) is 0 Å². The van der Waals surface area contributed by atoms with Crippen LogP contribution in [0, 0.1) is 0 Å². The van der Waals surface area contributed by atoms with E-state index >= 15 is 0 Å². The number of hydrogen-bond acceptors (Lipinski definition) is 2. The highest BCUT2D eigenvalue weighted by Crippen LogP contribution is 2.33. The third-order valence-electron chi connectivity index (χ3n) is 24.0. The molecule has 0 fully saturated rings. The summed E-state index contributed by atoms with van der Waals surface area (Å²) in [6.07, 6.45) is -80.9. The molecule has 1 aromatic carbocycles. The third-order valence-corrected chi connectivity index (χ3v) is 24.7. The highest BCUT2D eigenvalue weighted by Gasteiger charge is 2.68. The van der Waals surface area contributed by atoms with Gasteiger partial charge in [0.2, 0.25) is 0 Å². The zero-order valence-electron chi connectivity index (χ0n) is 68.4. The maximum atomic E-state index is 7.27. The summed E-state index contributed by atoms with van der Waals surface area (Å²) in [5.41, 5.74) is 5.37. The highest BCUT2D eigenvalue weighted by molar-refractivity contribution is 9.10. The van der Waals surface area contributed by atoms with Gasteiger partial charge in [-0.25, -0.2) is 0 Å². The summed E-state index contributed by atoms with van der Waals surface area (Å²) >= 11 is 3.59. The lowest BCUT2D eigenvalue weighted by Gasteiger charge is -2.63. The minimum atomic E-state index is -2.22. The molecule has 0 aliphatic rings. The molecule has 2 heterocycles. The van der Waals surface area contributed by atoms with Gasteiger partial charge in [-0.3, -0.25) is 9.97 Å². The quantitative estimate of drug-likeness (QED) is 0.0527. The molecule has 0 N–H and O–H groups in total. The highest BCUT2D eigenvalue weighted by atomic mass is 79.9. The Morgan fingerprint density at radius 3 is 0.576 bits per heavy atom. The maximum absolute atomic E-state index is 7.27. The van der Waals surface area contributed by atoms with Gasteiger partial charge in [0.05, 0.1) is 5.69 Å². The first kappa shape index (κ1) is 118. The molecule has 0 spiro atoms. The molecule has 0 saturated heterocycles. The number of rotatable bonds is 48. The van der Waals surface area contributed by atoms with Gasteiger partial charge < -0.3 is 0 Å². The topological polar surface area (TPSA) is 25.8 Å². The summed E-state index contributed by atoms with van der Waals surface area (Å²) in [6, 6.07) is 16.5. The Morgan fingerprint density at radius 2 is 0.415 bits per heavy atom. The molecule has 0 bridgehead atoms. The summed E-state index contributed by atoms with van der Waals surface area (Å²) in [6.45, 7) is 6.50. The van der Waals surface area contributed by atoms with Gasteiger partial charge in [0.15, 0.2) is 0 Å². The van der Waals surface area contributed by atoms with E-state index in [1.165, 1.54) is 0 Å². The molecule has 118 heavy (non-hydrogen) atoms. The Bertz CT molecular complexity index is 2840. The van der Waals surface area contributed by atoms with Gasteiger partial charge in [0.1, 0.15) is 0 Å². The van der Waals surface area contributed by atoms with Crippen molar-refractivity contribution in [2.45, 2.75) is 26.2 Å². The van der Waals surface area contributed by atoms with E-state index in [0.717, 1.165) is 39.6 Å². The Hall–Kier alpha value is 4.17. The largest absolute Gasteiger partial charge is 0.260 e. The van der Waals surface area contributed by atoms with Crippen LogP contribution in [-0.2, 0) is 5.41 Å². The van der Waals surface area contributed by atoms with Gasteiger partial charge in [-0.15, -0.1) is 0 Å². The van der Waals surface area contributed by atoms with Crippen molar-refractivity contribution in [3.05, 3.63) is 71.1 Å². The molecule has 97 radical (unpaired) electrons. The molecule has 3 aromatic rings. The number of benzene rings is 1. The fraction of sp³-hybridized carbons (Fsp3) is 0.200. The number of halogens is 1. The van der Waals surface area contributed by atoms with Gasteiger partial charge in [-0.1, -0.05) is 61.0 Å². The molecule has 2 nitrogen and oxygen atoms in total. The molecular weight excluding hydrogens is 1380 g/mol. The summed E-state index contributed by atoms with van der Waals surface area (Å²) in [5, 5.41) is 0. The molecule has 0 aliphatic heterocycles. The van der Waals surface area contributed by atoms with Crippen LogP contribution in [0.1, 0.15) is 26.5 Å². The van der Waals surface area contributed by atoms with Crippen LogP contribution in [0.4, 0.5) is 0 Å². The van der Waals surface area contributed by atoms with Gasteiger partial charge in [0.25, 0.3) is 0 Å². The van der Waals surface area contributed by atoms with Crippen molar-refractivity contribution in [2.24, 2.45) is 0 Å². The van der Waals surface area contributed by atoms with Crippen LogP contribution < -0.4 is 0 Å². The monoisotopic (exact) mass is 1410 g/mol. The molecule has 3 rings (SSSR count). The van der Waals surface area contributed by atoms with E-state index in [4.69, 9.17) is 371 Å². The summed E-state index contributed by atoms with van der Waals surface area (Å²) < 4.78 is 1.07. The second-order valence-corrected chi connectivity index (χ2v) is 34.2. The van der Waals surface area contributed by atoms with Crippen molar-refractivity contribution < 1.29 is 0 Å². The SMILES string of the molecule is CC(C)(C)c1ccc(-c2ccc(-c3ccccc3Br)cn2)cn1.[B][B]B([B])B(B([B])[B])B(B(B([B])[B])B([B])[B])B(B(B(B([B])[B])B([B])[B])B(B([B])[B])B([B])[B])B(B(B(B(B([B])[B])B([B])[B])B(B([B])[B])B([B])[B])B(B(B([B])[B])B([B])[B])B(B([B])[B])B([B])[B])B(B(B(B([B])[B])B([B])[B])B(B([B])[B])B([B])[B])B(B(B([B])[B])B([B])[B])B(B([B])[B])B([B])[B]. The Balaban J connectivity index is 0.00000173. The van der Waals surface area contributed by atoms with Crippen molar-refractivity contribution in [2.75, 3.05) is 0 Å². The van der Waals surface area contributed by atoms with E-state index in [1.807, 2.05) is 36.7 Å². The zero-order valence-corrected chi connectivity index (χ0v) is 70.0. The average molecular weight is 1390 g/mol. The molecule has 0 atom stereocenters. The first-order valence-corrected chi connectivity index (χ1v) is 39.8. The lowest BCUT2D eigenvalue weighted by Crippen LogP contribution is -3.01. The smallest absolute Gasteiger partial charge is 0.0717 e. The van der Waals surface area contributed by atoms with Crippen molar-refractivity contribution in [3.8, 4) is 22.4 Å². The van der Waals surface area contributed by atoms with E-state index in [1.54, 1.807) is 0 Å². The molecular formula is C20H19B95BrN2. The summed E-state index contributed by atoms with van der Waals surface area (Å²) in [5.74, 6) is 0. The second kappa shape index (κ2) is 54.5. The van der Waals surface area contributed by atoms with E-state index in [2.05, 4.69) is 70.9 Å². The first-order chi connectivity index (χ1) is 54.2. The number of nitrogens with zero attached hydrogens (tertiary/aromatic N) is 2. The Kier molecular flexibility index (Phi) is 54.6. The van der Waals surface area contributed by atoms with Crippen LogP contribution in [0.3, 0.4) is 0 Å². The van der Waals surface area contributed by atoms with Gasteiger partial charge in [0, 0.05) is 711 Å². The lowest BCUT2D eigenvalue weighted by atomic mass is 8.18. The van der Waals surface area contributed by atoms with Crippen molar-refractivity contribution in [1.82, 2.24) is 9.97 Å². The fourth-order valence-corrected chi connectivity index (χ4v) is 20.0. The van der Waals surface area contributed by atoms with Crippen molar-refractivity contribution >= 4 is 688 Å². The predicted octanol–water partition coefficient (Wildman–Crippen LogP) is -30.3. The predicted molar refractivity (Wildman–Crippen MR) is 646 cm³/mol. The fourth-order valence-electron chi connectivity index (χ4n) is 19.5. The zero-order chi connectivity index (χ0) is 91.7. The maximum Gasteiger partial charge on any atom is 0.0717 e. The summed E-state index contributed by atoms with van der Waals surface area (Å²) in [7, 11) is 340. The van der Waals surface area contributed by atoms with Crippen molar-refractivity contribution in [3.63, 3.8) is 0 Å². The molecule has 0 saturated carbocycles. The third kappa shape index (κ3) is 31.9. The minimum Gasteiger partial charge on any atom is -0.260 e. The first-order valence-electron chi connectivity index (χ1n) is 39.0. The van der Waals surface area contributed by atoms with Crippen LogP contribution in [0.25, 0.3) is 22.4 Å². The number of aromatic nitrogens is 2. The molecule has 0 unspecified atom stereocenters. The van der Waals surface area contributed by atoms with Crippen molar-refractivity contribution in [1.29, 1.82) is 0 Å². The van der Waals surface area contributed by atoms with E-state index in [9.17, 15) is 0 Å². The van der Waals surface area contributed by atoms with E-state index < -0.39 is 294 Å². The van der Waals surface area contributed by atoms with Crippen LogP contribution in [0.2, 0.25) is 0 Å². The van der Waals surface area contributed by atoms with E-state index in [0.29, 0.717) is 0 Å². The average Bonchev–Trinajstić information content (AvgIpc) is 0.707. The van der Waals surface area contributed by atoms with Gasteiger partial charge in [-0.05, 0) is 29.8 Å². The molecule has 98 heteroatoms. The molecule has 0 aliphatic carbocycles. The molecule has 401 valence electrons. The number of hydrogen-bond donors (Lipinski definition) is 0. The van der Waals surface area contributed by atoms with Crippen LogP contribution in [-0.4, -0.2) is 682 Å².